The number of rotatable bonds is 5. The molecule has 0 saturated heterocycles. The molecule has 2 aromatic carbocycles. The zero-order valence-corrected chi connectivity index (χ0v) is 16.5. The fourth-order valence-corrected chi connectivity index (χ4v) is 3.54. The van der Waals surface area contributed by atoms with Gasteiger partial charge in [-0.05, 0) is 59.6 Å². The summed E-state index contributed by atoms with van der Waals surface area (Å²) in [4.78, 5) is 0. The summed E-state index contributed by atoms with van der Waals surface area (Å²) in [6.45, 7) is 9.02. The Morgan fingerprint density at radius 1 is 1.00 bits per heavy atom. The Kier molecular flexibility index (Phi) is 6.07. The first kappa shape index (κ1) is 21.3. The molecule has 30 heavy (non-hydrogen) atoms. The Hall–Kier alpha value is -3.39. The molecule has 0 amide bonds. The van der Waals surface area contributed by atoms with Gasteiger partial charge in [0.2, 0.25) is 0 Å². The predicted octanol–water partition coefficient (Wildman–Crippen LogP) is 6.99. The van der Waals surface area contributed by atoms with Crippen LogP contribution in [0.15, 0.2) is 60.7 Å². The van der Waals surface area contributed by atoms with E-state index in [-0.39, 0.29) is 23.1 Å². The number of allylic oxidation sites excluding steroid dienone is 6. The molecule has 0 N–H and O–H groups in total. The Morgan fingerprint density at radius 2 is 1.63 bits per heavy atom. The van der Waals surface area contributed by atoms with Crippen molar-refractivity contribution in [2.45, 2.75) is 26.2 Å². The minimum atomic E-state index is -1.84. The van der Waals surface area contributed by atoms with Crippen molar-refractivity contribution >= 4 is 11.1 Å². The lowest BCUT2D eigenvalue weighted by Crippen LogP contribution is -2.06. The van der Waals surface area contributed by atoms with Crippen LogP contribution in [0.2, 0.25) is 0 Å². The van der Waals surface area contributed by atoms with Crippen molar-refractivity contribution in [3.05, 3.63) is 106 Å². The van der Waals surface area contributed by atoms with Crippen molar-refractivity contribution in [3.63, 3.8) is 0 Å². The van der Waals surface area contributed by atoms with Crippen LogP contribution in [0.3, 0.4) is 0 Å². The Balaban J connectivity index is 1.85. The molecule has 1 aliphatic carbocycles. The summed E-state index contributed by atoms with van der Waals surface area (Å²) in [5.41, 5.74) is 3.23. The highest BCUT2D eigenvalue weighted by Crippen LogP contribution is 2.32. The monoisotopic (exact) mass is 409 g/mol. The van der Waals surface area contributed by atoms with Gasteiger partial charge < -0.3 is 0 Å². The molecule has 0 spiro atoms. The fraction of sp³-hybridized carbons (Fsp3) is 0.160. The quantitative estimate of drug-likeness (QED) is 0.297. The van der Waals surface area contributed by atoms with Crippen LogP contribution in [-0.2, 0) is 6.42 Å². The van der Waals surface area contributed by atoms with Crippen LogP contribution in [0.4, 0.5) is 17.6 Å². The van der Waals surface area contributed by atoms with Gasteiger partial charge in [-0.15, -0.1) is 0 Å². The van der Waals surface area contributed by atoms with Crippen molar-refractivity contribution in [1.82, 2.24) is 0 Å². The van der Waals surface area contributed by atoms with E-state index in [9.17, 15) is 22.8 Å². The van der Waals surface area contributed by atoms with Crippen molar-refractivity contribution in [2.75, 3.05) is 0 Å². The minimum Gasteiger partial charge on any atom is -0.203 e. The van der Waals surface area contributed by atoms with E-state index in [1.165, 1.54) is 6.92 Å². The van der Waals surface area contributed by atoms with Gasteiger partial charge in [0.05, 0.1) is 6.07 Å². The largest absolute Gasteiger partial charge is 0.203 e. The highest BCUT2D eigenvalue weighted by Gasteiger charge is 2.24. The van der Waals surface area contributed by atoms with Crippen LogP contribution in [0.5, 0.6) is 0 Å². The average Bonchev–Trinajstić information content (AvgIpc) is 2.76. The van der Waals surface area contributed by atoms with E-state index in [4.69, 9.17) is 0 Å². The van der Waals surface area contributed by atoms with Gasteiger partial charge in [-0.1, -0.05) is 49.6 Å². The van der Waals surface area contributed by atoms with Gasteiger partial charge in [0.1, 0.15) is 0 Å². The predicted molar refractivity (Wildman–Crippen MR) is 110 cm³/mol. The summed E-state index contributed by atoms with van der Waals surface area (Å²) < 4.78 is 55.1. The molecule has 152 valence electrons. The number of nitriles is 1. The van der Waals surface area contributed by atoms with E-state index in [1.807, 2.05) is 24.3 Å². The third-order valence-corrected chi connectivity index (χ3v) is 5.21. The molecule has 5 heteroatoms. The maximum atomic E-state index is 14.2. The van der Waals surface area contributed by atoms with Gasteiger partial charge >= 0.3 is 0 Å². The van der Waals surface area contributed by atoms with Crippen LogP contribution >= 0.6 is 0 Å². The molecule has 0 unspecified atom stereocenters. The van der Waals surface area contributed by atoms with E-state index >= 15 is 0 Å². The summed E-state index contributed by atoms with van der Waals surface area (Å²) >= 11 is 0. The zero-order valence-electron chi connectivity index (χ0n) is 16.5. The van der Waals surface area contributed by atoms with Gasteiger partial charge in [-0.2, -0.15) is 5.26 Å². The Bertz CT molecular complexity index is 1120. The highest BCUT2D eigenvalue weighted by atomic mass is 19.2. The molecule has 2 aromatic rings. The van der Waals surface area contributed by atoms with E-state index in [2.05, 4.69) is 19.2 Å². The fourth-order valence-electron chi connectivity index (χ4n) is 3.54. The van der Waals surface area contributed by atoms with Crippen molar-refractivity contribution in [1.29, 1.82) is 5.26 Å². The second-order valence-corrected chi connectivity index (χ2v) is 7.16. The molecule has 3 rings (SSSR count). The molecular formula is C25H19F4N. The standard InChI is InChI=1S/C25H19F4N/c1-14(21-16(3)22(26)24(28)25(29)23(21)27)12-17-8-10-18(11-9-17)15(2)20-7-5-4-6-19(20)13-30/h5,7-11H,1-2,4,6,12H2,3H3. The van der Waals surface area contributed by atoms with Crippen LogP contribution in [0, 0.1) is 41.5 Å². The maximum Gasteiger partial charge on any atom is 0.198 e. The smallest absolute Gasteiger partial charge is 0.198 e. The lowest BCUT2D eigenvalue weighted by atomic mass is 9.89. The van der Waals surface area contributed by atoms with Crippen molar-refractivity contribution in [3.8, 4) is 6.07 Å². The molecule has 0 atom stereocenters. The SMILES string of the molecule is C=C(C1=C(C#N)CCC=C1)c1ccc(CC(=C)c2c(C)c(F)c(F)c(F)c2F)cc1. The van der Waals surface area contributed by atoms with E-state index < -0.39 is 23.3 Å². The molecule has 1 aliphatic rings. The lowest BCUT2D eigenvalue weighted by Gasteiger charge is -2.15. The van der Waals surface area contributed by atoms with Gasteiger partial charge in [-0.25, -0.2) is 17.6 Å². The molecule has 0 aliphatic heterocycles. The highest BCUT2D eigenvalue weighted by molar-refractivity contribution is 5.82. The van der Waals surface area contributed by atoms with E-state index in [0.717, 1.165) is 28.7 Å². The number of hydrogen-bond donors (Lipinski definition) is 0. The summed E-state index contributed by atoms with van der Waals surface area (Å²) in [6, 6.07) is 9.38. The third kappa shape index (κ3) is 3.86. The first-order valence-electron chi connectivity index (χ1n) is 9.35. The van der Waals surface area contributed by atoms with Crippen LogP contribution in [0.1, 0.15) is 35.1 Å². The summed E-state index contributed by atoms with van der Waals surface area (Å²) in [5, 5.41) is 9.31. The zero-order chi connectivity index (χ0) is 22.0. The second-order valence-electron chi connectivity index (χ2n) is 7.16. The van der Waals surface area contributed by atoms with Gasteiger partial charge in [-0.3, -0.25) is 0 Å². The first-order valence-corrected chi connectivity index (χ1v) is 9.35. The van der Waals surface area contributed by atoms with Gasteiger partial charge in [0.15, 0.2) is 23.3 Å². The summed E-state index contributed by atoms with van der Waals surface area (Å²) in [5.74, 6) is -6.53. The van der Waals surface area contributed by atoms with Crippen LogP contribution in [0.25, 0.3) is 11.1 Å². The second kappa shape index (κ2) is 8.54. The molecule has 0 saturated carbocycles. The number of hydrogen-bond acceptors (Lipinski definition) is 1. The van der Waals surface area contributed by atoms with E-state index in [0.29, 0.717) is 12.0 Å². The molecule has 0 bridgehead atoms. The Labute approximate surface area is 173 Å². The minimum absolute atomic E-state index is 0.126. The molecule has 0 fully saturated rings. The normalized spacial score (nSPS) is 13.3. The first-order chi connectivity index (χ1) is 14.3. The van der Waals surface area contributed by atoms with E-state index in [1.54, 1.807) is 12.1 Å². The number of nitrogens with zero attached hydrogens (tertiary/aromatic N) is 1. The lowest BCUT2D eigenvalue weighted by molar-refractivity contribution is 0.404. The molecule has 0 radical (unpaired) electrons. The summed E-state index contributed by atoms with van der Waals surface area (Å²) in [6.07, 6.45) is 5.51. The Morgan fingerprint density at radius 3 is 2.27 bits per heavy atom. The average molecular weight is 409 g/mol. The van der Waals surface area contributed by atoms with Crippen LogP contribution in [-0.4, -0.2) is 0 Å². The number of halogens is 4. The van der Waals surface area contributed by atoms with Gasteiger partial charge in [0, 0.05) is 11.1 Å². The van der Waals surface area contributed by atoms with Crippen LogP contribution < -0.4 is 0 Å². The molecule has 0 heterocycles. The third-order valence-electron chi connectivity index (χ3n) is 5.21. The van der Waals surface area contributed by atoms with Crippen molar-refractivity contribution < 1.29 is 17.6 Å². The maximum absolute atomic E-state index is 14.2. The summed E-state index contributed by atoms with van der Waals surface area (Å²) in [7, 11) is 0. The molecule has 0 aromatic heterocycles. The number of benzene rings is 2. The molecular weight excluding hydrogens is 390 g/mol. The molecule has 1 nitrogen and oxygen atoms in total. The van der Waals surface area contributed by atoms with Crippen molar-refractivity contribution in [2.24, 2.45) is 0 Å². The van der Waals surface area contributed by atoms with Gasteiger partial charge in [0.25, 0.3) is 0 Å². The topological polar surface area (TPSA) is 23.8 Å².